The molecule has 1 fully saturated rings. The quantitative estimate of drug-likeness (QED) is 0.445. The summed E-state index contributed by atoms with van der Waals surface area (Å²) in [4.78, 5) is 17.7. The molecule has 1 aliphatic heterocycles. The monoisotopic (exact) mass is 528 g/mol. The lowest BCUT2D eigenvalue weighted by atomic mass is 9.95. The SMILES string of the molecule is COc1ccc2c3c(oc2c1)CCC(C(=O)N1CCN(Cc2cc(OC)c(OC)c(OC)c2)CC1)=C3.Cl. The Bertz CT molecular complexity index is 1280. The van der Waals surface area contributed by atoms with Crippen molar-refractivity contribution in [1.29, 1.82) is 0 Å². The predicted molar refractivity (Wildman–Crippen MR) is 144 cm³/mol. The Balaban J connectivity index is 0.00000320. The topological polar surface area (TPSA) is 73.6 Å². The first-order valence-corrected chi connectivity index (χ1v) is 12.1. The highest BCUT2D eigenvalue weighted by Gasteiger charge is 2.27. The van der Waals surface area contributed by atoms with Gasteiger partial charge in [-0.3, -0.25) is 9.69 Å². The summed E-state index contributed by atoms with van der Waals surface area (Å²) < 4.78 is 27.8. The average Bonchev–Trinajstić information content (AvgIpc) is 3.29. The molecule has 2 aliphatic rings. The second-order valence-corrected chi connectivity index (χ2v) is 9.07. The summed E-state index contributed by atoms with van der Waals surface area (Å²) in [7, 11) is 6.49. The van der Waals surface area contributed by atoms with E-state index >= 15 is 0 Å². The number of hydrogen-bond acceptors (Lipinski definition) is 7. The number of carbonyl (C=O) groups excluding carboxylic acids is 1. The third kappa shape index (κ3) is 5.22. The second-order valence-electron chi connectivity index (χ2n) is 9.07. The molecular weight excluding hydrogens is 496 g/mol. The first kappa shape index (κ1) is 26.7. The first-order valence-electron chi connectivity index (χ1n) is 12.1. The summed E-state index contributed by atoms with van der Waals surface area (Å²) in [6.45, 7) is 3.73. The van der Waals surface area contributed by atoms with Gasteiger partial charge in [0.1, 0.15) is 17.1 Å². The number of nitrogens with zero attached hydrogens (tertiary/aromatic N) is 2. The maximum atomic E-state index is 13.4. The van der Waals surface area contributed by atoms with Gasteiger partial charge in [-0.15, -0.1) is 12.4 Å². The van der Waals surface area contributed by atoms with Crippen LogP contribution < -0.4 is 18.9 Å². The minimum Gasteiger partial charge on any atom is -0.497 e. The number of methoxy groups -OCH3 is 4. The Hall–Kier alpha value is -3.36. The van der Waals surface area contributed by atoms with Gasteiger partial charge >= 0.3 is 0 Å². The van der Waals surface area contributed by atoms with Gasteiger partial charge in [0, 0.05) is 61.7 Å². The van der Waals surface area contributed by atoms with Crippen LogP contribution in [0.15, 0.2) is 40.3 Å². The van der Waals surface area contributed by atoms with E-state index in [1.807, 2.05) is 41.3 Å². The number of aryl methyl sites for hydroxylation is 1. The van der Waals surface area contributed by atoms with Crippen molar-refractivity contribution in [3.8, 4) is 23.0 Å². The molecule has 0 radical (unpaired) electrons. The van der Waals surface area contributed by atoms with Gasteiger partial charge < -0.3 is 28.3 Å². The molecule has 0 bridgehead atoms. The van der Waals surface area contributed by atoms with Crippen molar-refractivity contribution in [3.05, 3.63) is 52.8 Å². The molecule has 0 N–H and O–H groups in total. The van der Waals surface area contributed by atoms with Crippen LogP contribution in [0.25, 0.3) is 17.0 Å². The highest BCUT2D eigenvalue weighted by molar-refractivity contribution is 6.02. The second kappa shape index (κ2) is 11.4. The van der Waals surface area contributed by atoms with Crippen LogP contribution in [-0.2, 0) is 17.8 Å². The number of hydrogen-bond donors (Lipinski definition) is 0. The normalized spacial score (nSPS) is 15.5. The van der Waals surface area contributed by atoms with Crippen LogP contribution in [0.2, 0.25) is 0 Å². The van der Waals surface area contributed by atoms with Crippen molar-refractivity contribution in [2.75, 3.05) is 54.6 Å². The van der Waals surface area contributed by atoms with Crippen molar-refractivity contribution in [1.82, 2.24) is 9.80 Å². The van der Waals surface area contributed by atoms with Crippen LogP contribution in [0, 0.1) is 0 Å². The number of ether oxygens (including phenoxy) is 4. The van der Waals surface area contributed by atoms with E-state index in [0.717, 1.165) is 65.2 Å². The number of rotatable bonds is 7. The van der Waals surface area contributed by atoms with Crippen molar-refractivity contribution in [2.45, 2.75) is 19.4 Å². The third-order valence-corrected chi connectivity index (χ3v) is 7.02. The minimum absolute atomic E-state index is 0. The van der Waals surface area contributed by atoms with E-state index in [1.165, 1.54) is 0 Å². The van der Waals surface area contributed by atoms with Crippen molar-refractivity contribution in [2.24, 2.45) is 0 Å². The number of furan rings is 1. The number of amides is 1. The van der Waals surface area contributed by atoms with E-state index in [0.29, 0.717) is 36.8 Å². The Labute approximate surface area is 223 Å². The molecule has 0 saturated carbocycles. The molecule has 3 aromatic rings. The highest BCUT2D eigenvalue weighted by Crippen LogP contribution is 2.39. The zero-order valence-corrected chi connectivity index (χ0v) is 22.5. The van der Waals surface area contributed by atoms with E-state index in [2.05, 4.69) is 4.90 Å². The number of halogens is 1. The van der Waals surface area contributed by atoms with Crippen LogP contribution in [0.3, 0.4) is 0 Å². The molecule has 5 rings (SSSR count). The van der Waals surface area contributed by atoms with Crippen molar-refractivity contribution >= 4 is 35.4 Å². The molecule has 8 nitrogen and oxygen atoms in total. The minimum atomic E-state index is 0. The van der Waals surface area contributed by atoms with E-state index < -0.39 is 0 Å². The molecule has 0 spiro atoms. The molecule has 37 heavy (non-hydrogen) atoms. The molecule has 2 aromatic carbocycles. The van der Waals surface area contributed by atoms with Crippen molar-refractivity contribution in [3.63, 3.8) is 0 Å². The van der Waals surface area contributed by atoms with Gasteiger partial charge in [0.25, 0.3) is 0 Å². The molecule has 198 valence electrons. The summed E-state index contributed by atoms with van der Waals surface area (Å²) in [6.07, 6.45) is 3.43. The fraction of sp³-hybridized carbons (Fsp3) is 0.393. The lowest BCUT2D eigenvalue weighted by Gasteiger charge is -2.35. The Morgan fingerprint density at radius 2 is 1.59 bits per heavy atom. The smallest absolute Gasteiger partial charge is 0.249 e. The van der Waals surface area contributed by atoms with Crippen molar-refractivity contribution < 1.29 is 28.2 Å². The summed E-state index contributed by atoms with van der Waals surface area (Å²) in [5.41, 5.74) is 3.74. The van der Waals surface area contributed by atoms with E-state index in [4.69, 9.17) is 23.4 Å². The van der Waals surface area contributed by atoms with Gasteiger partial charge in [0.15, 0.2) is 11.5 Å². The fourth-order valence-electron chi connectivity index (χ4n) is 5.08. The Morgan fingerprint density at radius 3 is 2.22 bits per heavy atom. The van der Waals surface area contributed by atoms with E-state index in [9.17, 15) is 4.79 Å². The molecule has 0 atom stereocenters. The Morgan fingerprint density at radius 1 is 0.892 bits per heavy atom. The highest BCUT2D eigenvalue weighted by atomic mass is 35.5. The lowest BCUT2D eigenvalue weighted by Crippen LogP contribution is -2.48. The van der Waals surface area contributed by atoms with Crippen LogP contribution in [0.4, 0.5) is 0 Å². The summed E-state index contributed by atoms with van der Waals surface area (Å²) in [5, 5.41) is 1.02. The zero-order valence-electron chi connectivity index (χ0n) is 21.7. The number of carbonyl (C=O) groups is 1. The molecule has 9 heteroatoms. The lowest BCUT2D eigenvalue weighted by molar-refractivity contribution is -0.129. The van der Waals surface area contributed by atoms with Gasteiger partial charge in [0.05, 0.1) is 28.4 Å². The van der Waals surface area contributed by atoms with Crippen LogP contribution >= 0.6 is 12.4 Å². The predicted octanol–water partition coefficient (Wildman–Crippen LogP) is 4.56. The number of fused-ring (bicyclic) bond motifs is 3. The summed E-state index contributed by atoms with van der Waals surface area (Å²) in [6, 6.07) is 9.79. The maximum Gasteiger partial charge on any atom is 0.249 e. The molecule has 1 aliphatic carbocycles. The van der Waals surface area contributed by atoms with Gasteiger partial charge in [-0.05, 0) is 42.3 Å². The molecule has 1 aromatic heterocycles. The van der Waals surface area contributed by atoms with E-state index in [-0.39, 0.29) is 18.3 Å². The van der Waals surface area contributed by atoms with Crippen LogP contribution in [-0.4, -0.2) is 70.3 Å². The first-order chi connectivity index (χ1) is 17.5. The standard InChI is InChI=1S/C28H32N2O6.ClH/c1-32-20-6-7-21-22-15-19(5-8-23(22)36-24(21)16-20)28(31)30-11-9-29(10-12-30)17-18-13-25(33-2)27(35-4)26(14-18)34-3;/h6-7,13-16H,5,8-12,17H2,1-4H3;1H. The molecule has 2 heterocycles. The Kier molecular flexibility index (Phi) is 8.19. The third-order valence-electron chi connectivity index (χ3n) is 7.02. The molecule has 1 saturated heterocycles. The van der Waals surface area contributed by atoms with Gasteiger partial charge in [-0.25, -0.2) is 0 Å². The van der Waals surface area contributed by atoms with Gasteiger partial charge in [-0.1, -0.05) is 0 Å². The molecule has 0 unspecified atom stereocenters. The largest absolute Gasteiger partial charge is 0.497 e. The van der Waals surface area contributed by atoms with Gasteiger partial charge in [-0.2, -0.15) is 0 Å². The molecule has 1 amide bonds. The fourth-order valence-corrected chi connectivity index (χ4v) is 5.08. The van der Waals surface area contributed by atoms with Crippen LogP contribution in [0.5, 0.6) is 23.0 Å². The zero-order chi connectivity index (χ0) is 25.2. The van der Waals surface area contributed by atoms with Crippen LogP contribution in [0.1, 0.15) is 23.3 Å². The maximum absolute atomic E-state index is 13.4. The van der Waals surface area contributed by atoms with E-state index in [1.54, 1.807) is 28.4 Å². The average molecular weight is 529 g/mol. The summed E-state index contributed by atoms with van der Waals surface area (Å²) >= 11 is 0. The molecular formula is C28H33ClN2O6. The van der Waals surface area contributed by atoms with Gasteiger partial charge in [0.2, 0.25) is 11.7 Å². The number of benzene rings is 2. The number of piperazine rings is 1. The summed E-state index contributed by atoms with van der Waals surface area (Å²) in [5.74, 6) is 3.70.